The van der Waals surface area contributed by atoms with Gasteiger partial charge in [-0.05, 0) is 24.3 Å². The van der Waals surface area contributed by atoms with Gasteiger partial charge in [0.2, 0.25) is 0 Å². The van der Waals surface area contributed by atoms with Crippen LogP contribution in [0.25, 0.3) is 6.08 Å². The minimum Gasteiger partial charge on any atom is -0.340 e. The summed E-state index contributed by atoms with van der Waals surface area (Å²) in [5.41, 5.74) is -0.807. The van der Waals surface area contributed by atoms with E-state index in [1.54, 1.807) is 23.9 Å². The van der Waals surface area contributed by atoms with Crippen LogP contribution in [-0.4, -0.2) is 15.5 Å². The van der Waals surface area contributed by atoms with Crippen molar-refractivity contribution < 1.29 is 18.0 Å². The number of rotatable bonds is 3. The zero-order chi connectivity index (χ0) is 17.0. The van der Waals surface area contributed by atoms with Gasteiger partial charge in [0.15, 0.2) is 0 Å². The molecule has 1 amide bonds. The molecule has 8 heteroatoms. The van der Waals surface area contributed by atoms with Gasteiger partial charge in [0.1, 0.15) is 11.6 Å². The van der Waals surface area contributed by atoms with E-state index in [1.807, 2.05) is 0 Å². The van der Waals surface area contributed by atoms with Crippen LogP contribution in [-0.2, 0) is 18.0 Å². The first-order valence-corrected chi connectivity index (χ1v) is 6.38. The minimum atomic E-state index is -4.51. The molecule has 1 aromatic heterocycles. The lowest BCUT2D eigenvalue weighted by Crippen LogP contribution is -2.14. The summed E-state index contributed by atoms with van der Waals surface area (Å²) in [6, 6.07) is 5.88. The number of anilines is 1. The lowest BCUT2D eigenvalue weighted by atomic mass is 10.1. The second-order valence-electron chi connectivity index (χ2n) is 4.67. The van der Waals surface area contributed by atoms with Crippen molar-refractivity contribution in [2.24, 2.45) is 7.05 Å². The third-order valence-corrected chi connectivity index (χ3v) is 2.83. The Morgan fingerprint density at radius 1 is 1.43 bits per heavy atom. The van der Waals surface area contributed by atoms with E-state index in [-0.39, 0.29) is 11.3 Å². The quantitative estimate of drug-likeness (QED) is 0.698. The van der Waals surface area contributed by atoms with E-state index in [0.29, 0.717) is 5.69 Å². The standard InChI is InChI=1S/C15H11F3N4O/c1-22-8-13(20-9-22)5-10(7-19)14(23)21-12-4-2-3-11(6-12)15(16,17)18/h2-6,8-9H,1H3,(H,21,23)/b10-5-. The van der Waals surface area contributed by atoms with Crippen LogP contribution in [0.1, 0.15) is 11.3 Å². The van der Waals surface area contributed by atoms with Crippen molar-refractivity contribution in [2.75, 3.05) is 5.32 Å². The molecule has 1 heterocycles. The summed E-state index contributed by atoms with van der Waals surface area (Å²) < 4.78 is 39.5. The Kier molecular flexibility index (Phi) is 4.50. The summed E-state index contributed by atoms with van der Waals surface area (Å²) >= 11 is 0. The summed E-state index contributed by atoms with van der Waals surface area (Å²) in [7, 11) is 1.72. The maximum Gasteiger partial charge on any atom is 0.416 e. The molecule has 1 aromatic carbocycles. The molecule has 1 N–H and O–H groups in total. The molecule has 2 aromatic rings. The molecule has 0 spiro atoms. The van der Waals surface area contributed by atoms with Gasteiger partial charge in [-0.15, -0.1) is 0 Å². The fraction of sp³-hybridized carbons (Fsp3) is 0.133. The second kappa shape index (κ2) is 6.36. The van der Waals surface area contributed by atoms with Gasteiger partial charge in [-0.25, -0.2) is 4.98 Å². The lowest BCUT2D eigenvalue weighted by molar-refractivity contribution is -0.137. The number of hydrogen-bond acceptors (Lipinski definition) is 3. The van der Waals surface area contributed by atoms with E-state index in [1.165, 1.54) is 24.5 Å². The molecular weight excluding hydrogens is 309 g/mol. The number of benzene rings is 1. The van der Waals surface area contributed by atoms with E-state index in [9.17, 15) is 18.0 Å². The molecule has 5 nitrogen and oxygen atoms in total. The predicted octanol–water partition coefficient (Wildman–Crippen LogP) is 2.98. The largest absolute Gasteiger partial charge is 0.416 e. The SMILES string of the molecule is Cn1cnc(/C=C(/C#N)C(=O)Nc2cccc(C(F)(F)F)c2)c1. The van der Waals surface area contributed by atoms with Crippen molar-refractivity contribution >= 4 is 17.7 Å². The molecule has 2 rings (SSSR count). The van der Waals surface area contributed by atoms with E-state index >= 15 is 0 Å². The molecule has 23 heavy (non-hydrogen) atoms. The number of aromatic nitrogens is 2. The third kappa shape index (κ3) is 4.20. The molecule has 0 aliphatic rings. The molecule has 0 unspecified atom stereocenters. The topological polar surface area (TPSA) is 70.7 Å². The van der Waals surface area contributed by atoms with Gasteiger partial charge in [0, 0.05) is 18.9 Å². The molecule has 0 aliphatic heterocycles. The highest BCUT2D eigenvalue weighted by Crippen LogP contribution is 2.30. The predicted molar refractivity (Wildman–Crippen MR) is 76.9 cm³/mol. The van der Waals surface area contributed by atoms with Crippen molar-refractivity contribution in [1.29, 1.82) is 5.26 Å². The van der Waals surface area contributed by atoms with E-state index in [4.69, 9.17) is 5.26 Å². The summed E-state index contributed by atoms with van der Waals surface area (Å²) in [6.45, 7) is 0. The van der Waals surface area contributed by atoms with Gasteiger partial charge in [-0.2, -0.15) is 18.4 Å². The number of carbonyl (C=O) groups is 1. The van der Waals surface area contributed by atoms with Crippen molar-refractivity contribution in [1.82, 2.24) is 9.55 Å². The number of alkyl halides is 3. The van der Waals surface area contributed by atoms with Crippen LogP contribution in [0.4, 0.5) is 18.9 Å². The van der Waals surface area contributed by atoms with Crippen LogP contribution in [0.3, 0.4) is 0 Å². The fourth-order valence-electron chi connectivity index (χ4n) is 1.78. The number of nitrogens with zero attached hydrogens (tertiary/aromatic N) is 3. The number of amides is 1. The summed E-state index contributed by atoms with van der Waals surface area (Å²) in [5.74, 6) is -0.808. The number of aryl methyl sites for hydroxylation is 1. The fourth-order valence-corrected chi connectivity index (χ4v) is 1.78. The van der Waals surface area contributed by atoms with Gasteiger partial charge < -0.3 is 9.88 Å². The van der Waals surface area contributed by atoms with Crippen LogP contribution < -0.4 is 5.32 Å². The Balaban J connectivity index is 2.21. The Bertz CT molecular complexity index is 800. The Morgan fingerprint density at radius 3 is 2.74 bits per heavy atom. The van der Waals surface area contributed by atoms with E-state index < -0.39 is 17.6 Å². The number of hydrogen-bond donors (Lipinski definition) is 1. The van der Waals surface area contributed by atoms with Crippen molar-refractivity contribution in [3.8, 4) is 6.07 Å². The second-order valence-corrected chi connectivity index (χ2v) is 4.67. The van der Waals surface area contributed by atoms with Gasteiger partial charge >= 0.3 is 6.18 Å². The smallest absolute Gasteiger partial charge is 0.340 e. The number of nitrogens with one attached hydrogen (secondary N) is 1. The highest BCUT2D eigenvalue weighted by molar-refractivity contribution is 6.09. The number of carbonyl (C=O) groups excluding carboxylic acids is 1. The third-order valence-electron chi connectivity index (χ3n) is 2.83. The minimum absolute atomic E-state index is 0.0491. The molecule has 0 fully saturated rings. The van der Waals surface area contributed by atoms with Crippen LogP contribution in [0.5, 0.6) is 0 Å². The molecular formula is C15H11F3N4O. The lowest BCUT2D eigenvalue weighted by Gasteiger charge is -2.09. The van der Waals surface area contributed by atoms with E-state index in [2.05, 4.69) is 10.3 Å². The summed E-state index contributed by atoms with van der Waals surface area (Å²) in [5, 5.41) is 11.3. The summed E-state index contributed by atoms with van der Waals surface area (Å²) in [4.78, 5) is 15.9. The van der Waals surface area contributed by atoms with Crippen LogP contribution in [0, 0.1) is 11.3 Å². The average molecular weight is 320 g/mol. The van der Waals surface area contributed by atoms with Gasteiger partial charge in [0.25, 0.3) is 5.91 Å². The van der Waals surface area contributed by atoms with Gasteiger partial charge in [-0.1, -0.05) is 6.07 Å². The Labute approximate surface area is 129 Å². The van der Waals surface area contributed by atoms with Crippen LogP contribution in [0.2, 0.25) is 0 Å². The molecule has 0 saturated heterocycles. The van der Waals surface area contributed by atoms with Crippen molar-refractivity contribution in [3.63, 3.8) is 0 Å². The molecule has 0 bridgehead atoms. The zero-order valence-electron chi connectivity index (χ0n) is 11.9. The van der Waals surface area contributed by atoms with Crippen LogP contribution >= 0.6 is 0 Å². The van der Waals surface area contributed by atoms with Gasteiger partial charge in [-0.3, -0.25) is 4.79 Å². The molecule has 0 radical (unpaired) electrons. The normalized spacial score (nSPS) is 11.9. The van der Waals surface area contributed by atoms with Gasteiger partial charge in [0.05, 0.1) is 17.6 Å². The highest BCUT2D eigenvalue weighted by atomic mass is 19.4. The molecule has 118 valence electrons. The van der Waals surface area contributed by atoms with E-state index in [0.717, 1.165) is 12.1 Å². The highest BCUT2D eigenvalue weighted by Gasteiger charge is 2.30. The number of halogens is 3. The molecule has 0 atom stereocenters. The van der Waals surface area contributed by atoms with Crippen LogP contribution in [0.15, 0.2) is 42.4 Å². The maximum absolute atomic E-state index is 12.6. The first-order valence-electron chi connectivity index (χ1n) is 6.38. The Hall–Kier alpha value is -3.08. The summed E-state index contributed by atoms with van der Waals surface area (Å²) in [6.07, 6.45) is -0.175. The monoisotopic (exact) mass is 320 g/mol. The first kappa shape index (κ1) is 16.3. The average Bonchev–Trinajstić information content (AvgIpc) is 2.89. The zero-order valence-corrected chi connectivity index (χ0v) is 11.9. The number of imidazole rings is 1. The Morgan fingerprint density at radius 2 is 2.17 bits per heavy atom. The van der Waals surface area contributed by atoms with Crippen molar-refractivity contribution in [2.45, 2.75) is 6.18 Å². The maximum atomic E-state index is 12.6. The molecule has 0 aliphatic carbocycles. The first-order chi connectivity index (χ1) is 10.8. The number of nitriles is 1. The molecule has 0 saturated carbocycles. The van der Waals surface area contributed by atoms with Crippen molar-refractivity contribution in [3.05, 3.63) is 53.6 Å².